The molecule has 1 aromatic rings. The van der Waals surface area contributed by atoms with Gasteiger partial charge in [0.2, 0.25) is 5.75 Å². The fraction of sp³-hybridized carbons (Fsp3) is 0.417. The summed E-state index contributed by atoms with van der Waals surface area (Å²) in [6, 6.07) is 1.44. The molecule has 0 atom stereocenters. The number of pyridine rings is 1. The van der Waals surface area contributed by atoms with Crippen LogP contribution in [0.1, 0.15) is 24.3 Å². The highest BCUT2D eigenvalue weighted by Crippen LogP contribution is 2.29. The normalized spacial score (nSPS) is 10.1. The van der Waals surface area contributed by atoms with E-state index in [9.17, 15) is 9.59 Å². The van der Waals surface area contributed by atoms with Crippen LogP contribution in [0, 0.1) is 5.92 Å². The number of amides is 1. The lowest BCUT2D eigenvalue weighted by molar-refractivity contribution is 0.0862. The van der Waals surface area contributed by atoms with Crippen LogP contribution in [0.5, 0.6) is 11.5 Å². The SMILES string of the molecule is COc1ccnc(C(N)=O)c1OC(=O)OCC(C)C. The molecule has 7 nitrogen and oxygen atoms in total. The Balaban J connectivity index is 2.92. The second kappa shape index (κ2) is 6.58. The maximum Gasteiger partial charge on any atom is 0.514 e. The fourth-order valence-corrected chi connectivity index (χ4v) is 1.21. The maximum absolute atomic E-state index is 11.5. The number of hydrogen-bond acceptors (Lipinski definition) is 6. The van der Waals surface area contributed by atoms with Gasteiger partial charge in [-0.2, -0.15) is 0 Å². The van der Waals surface area contributed by atoms with Gasteiger partial charge in [-0.25, -0.2) is 9.78 Å². The molecule has 0 aliphatic carbocycles. The van der Waals surface area contributed by atoms with Crippen molar-refractivity contribution in [2.45, 2.75) is 13.8 Å². The first-order valence-corrected chi connectivity index (χ1v) is 5.63. The van der Waals surface area contributed by atoms with Crippen molar-refractivity contribution in [2.24, 2.45) is 11.7 Å². The summed E-state index contributed by atoms with van der Waals surface area (Å²) in [5, 5.41) is 0. The van der Waals surface area contributed by atoms with Crippen LogP contribution in [-0.2, 0) is 4.74 Å². The van der Waals surface area contributed by atoms with Gasteiger partial charge in [0.25, 0.3) is 5.91 Å². The predicted molar refractivity (Wildman–Crippen MR) is 66.1 cm³/mol. The molecule has 0 aromatic carbocycles. The van der Waals surface area contributed by atoms with E-state index in [1.807, 2.05) is 13.8 Å². The number of carbonyl (C=O) groups excluding carboxylic acids is 2. The molecule has 104 valence electrons. The van der Waals surface area contributed by atoms with Crippen LogP contribution in [0.4, 0.5) is 4.79 Å². The number of hydrogen-bond donors (Lipinski definition) is 1. The molecule has 0 aliphatic heterocycles. The molecular formula is C12H16N2O5. The van der Waals surface area contributed by atoms with Gasteiger partial charge in [0.15, 0.2) is 11.4 Å². The molecule has 0 radical (unpaired) electrons. The van der Waals surface area contributed by atoms with E-state index in [0.29, 0.717) is 0 Å². The standard InChI is InChI=1S/C12H16N2O5/c1-7(2)6-18-12(16)19-10-8(17-3)4-5-14-9(10)11(13)15/h4-5,7H,6H2,1-3H3,(H2,13,15). The fourth-order valence-electron chi connectivity index (χ4n) is 1.21. The third kappa shape index (κ3) is 4.13. The molecule has 0 saturated heterocycles. The highest BCUT2D eigenvalue weighted by molar-refractivity contribution is 5.95. The van der Waals surface area contributed by atoms with Crippen molar-refractivity contribution >= 4 is 12.1 Å². The largest absolute Gasteiger partial charge is 0.514 e. The lowest BCUT2D eigenvalue weighted by atomic mass is 10.2. The topological polar surface area (TPSA) is 101 Å². The van der Waals surface area contributed by atoms with Crippen LogP contribution >= 0.6 is 0 Å². The molecule has 0 spiro atoms. The molecule has 0 unspecified atom stereocenters. The average molecular weight is 268 g/mol. The van der Waals surface area contributed by atoms with Crippen molar-refractivity contribution in [3.8, 4) is 11.5 Å². The van der Waals surface area contributed by atoms with E-state index in [0.717, 1.165) is 0 Å². The predicted octanol–water partition coefficient (Wildman–Crippen LogP) is 1.36. The van der Waals surface area contributed by atoms with Crippen molar-refractivity contribution in [3.05, 3.63) is 18.0 Å². The van der Waals surface area contributed by atoms with Gasteiger partial charge >= 0.3 is 6.16 Å². The van der Waals surface area contributed by atoms with Gasteiger partial charge < -0.3 is 19.9 Å². The smallest absolute Gasteiger partial charge is 0.493 e. The van der Waals surface area contributed by atoms with Crippen LogP contribution in [0.3, 0.4) is 0 Å². The first-order chi connectivity index (χ1) is 8.95. The highest BCUT2D eigenvalue weighted by atomic mass is 16.7. The summed E-state index contributed by atoms with van der Waals surface area (Å²) >= 11 is 0. The van der Waals surface area contributed by atoms with E-state index in [1.54, 1.807) is 0 Å². The molecule has 1 amide bonds. The third-order valence-corrected chi connectivity index (χ3v) is 2.04. The minimum absolute atomic E-state index is 0.147. The Morgan fingerprint density at radius 1 is 1.42 bits per heavy atom. The molecule has 2 N–H and O–H groups in total. The zero-order chi connectivity index (χ0) is 14.4. The second-order valence-corrected chi connectivity index (χ2v) is 4.11. The van der Waals surface area contributed by atoms with E-state index in [2.05, 4.69) is 4.98 Å². The number of nitrogens with zero attached hydrogens (tertiary/aromatic N) is 1. The second-order valence-electron chi connectivity index (χ2n) is 4.11. The minimum atomic E-state index is -0.942. The zero-order valence-corrected chi connectivity index (χ0v) is 11.0. The van der Waals surface area contributed by atoms with Crippen molar-refractivity contribution in [1.82, 2.24) is 4.98 Å². The summed E-state index contributed by atoms with van der Waals surface area (Å²) in [6.45, 7) is 3.97. The Bertz CT molecular complexity index is 473. The Hall–Kier alpha value is -2.31. The number of aromatic nitrogens is 1. The van der Waals surface area contributed by atoms with Crippen molar-refractivity contribution in [1.29, 1.82) is 0 Å². The number of primary amides is 1. The summed E-state index contributed by atoms with van der Waals surface area (Å²) in [5.41, 5.74) is 4.95. The lowest BCUT2D eigenvalue weighted by Crippen LogP contribution is -2.19. The van der Waals surface area contributed by atoms with Crippen LogP contribution in [0.2, 0.25) is 0 Å². The maximum atomic E-state index is 11.5. The van der Waals surface area contributed by atoms with Gasteiger partial charge in [0.1, 0.15) is 0 Å². The third-order valence-electron chi connectivity index (χ3n) is 2.04. The van der Waals surface area contributed by atoms with E-state index < -0.39 is 12.1 Å². The molecule has 0 fully saturated rings. The van der Waals surface area contributed by atoms with Gasteiger partial charge in [-0.05, 0) is 5.92 Å². The van der Waals surface area contributed by atoms with Gasteiger partial charge in [-0.15, -0.1) is 0 Å². The Kier molecular flexibility index (Phi) is 5.11. The molecule has 7 heteroatoms. The molecule has 0 bridgehead atoms. The first kappa shape index (κ1) is 14.7. The molecule has 0 aliphatic rings. The summed E-state index contributed by atoms with van der Waals surface area (Å²) in [4.78, 5) is 26.4. The number of methoxy groups -OCH3 is 1. The molecule has 1 rings (SSSR count). The number of rotatable bonds is 5. The Morgan fingerprint density at radius 2 is 2.11 bits per heavy atom. The van der Waals surface area contributed by atoms with Gasteiger partial charge in [-0.3, -0.25) is 4.79 Å². The highest BCUT2D eigenvalue weighted by Gasteiger charge is 2.20. The van der Waals surface area contributed by atoms with Crippen LogP contribution < -0.4 is 15.2 Å². The number of carbonyl (C=O) groups is 2. The first-order valence-electron chi connectivity index (χ1n) is 5.63. The van der Waals surface area contributed by atoms with E-state index in [-0.39, 0.29) is 29.7 Å². The van der Waals surface area contributed by atoms with Gasteiger partial charge in [0.05, 0.1) is 13.7 Å². The summed E-state index contributed by atoms with van der Waals surface area (Å²) in [5.74, 6) is -0.638. The molecule has 19 heavy (non-hydrogen) atoms. The average Bonchev–Trinajstić information content (AvgIpc) is 2.36. The quantitative estimate of drug-likeness (QED) is 0.809. The summed E-state index contributed by atoms with van der Waals surface area (Å²) in [7, 11) is 1.37. The summed E-state index contributed by atoms with van der Waals surface area (Å²) in [6.07, 6.45) is 0.383. The van der Waals surface area contributed by atoms with Crippen molar-refractivity contribution in [3.63, 3.8) is 0 Å². The van der Waals surface area contributed by atoms with Crippen LogP contribution in [-0.4, -0.2) is 30.8 Å². The number of ether oxygens (including phenoxy) is 3. The van der Waals surface area contributed by atoms with Gasteiger partial charge in [-0.1, -0.05) is 13.8 Å². The Labute approximate surface area is 110 Å². The minimum Gasteiger partial charge on any atom is -0.493 e. The molecule has 0 saturated carbocycles. The van der Waals surface area contributed by atoms with E-state index >= 15 is 0 Å². The zero-order valence-electron chi connectivity index (χ0n) is 11.0. The van der Waals surface area contributed by atoms with E-state index in [1.165, 1.54) is 19.4 Å². The molecule has 1 heterocycles. The van der Waals surface area contributed by atoms with Gasteiger partial charge in [0, 0.05) is 12.3 Å². The van der Waals surface area contributed by atoms with Crippen LogP contribution in [0.15, 0.2) is 12.3 Å². The monoisotopic (exact) mass is 268 g/mol. The van der Waals surface area contributed by atoms with Crippen molar-refractivity contribution < 1.29 is 23.8 Å². The molecule has 1 aromatic heterocycles. The summed E-state index contributed by atoms with van der Waals surface area (Å²) < 4.78 is 14.8. The van der Waals surface area contributed by atoms with Crippen LogP contribution in [0.25, 0.3) is 0 Å². The molecular weight excluding hydrogens is 252 g/mol. The number of nitrogens with two attached hydrogens (primary N) is 1. The van der Waals surface area contributed by atoms with Crippen molar-refractivity contribution in [2.75, 3.05) is 13.7 Å². The Morgan fingerprint density at radius 3 is 2.63 bits per heavy atom. The lowest BCUT2D eigenvalue weighted by Gasteiger charge is -2.12. The van der Waals surface area contributed by atoms with E-state index in [4.69, 9.17) is 19.9 Å².